The van der Waals surface area contributed by atoms with Gasteiger partial charge in [-0.1, -0.05) is 26.7 Å². The Labute approximate surface area is 113 Å². The minimum Gasteiger partial charge on any atom is -0.481 e. The summed E-state index contributed by atoms with van der Waals surface area (Å²) in [5.74, 6) is -2.00. The molecule has 0 spiro atoms. The maximum absolute atomic E-state index is 11.9. The van der Waals surface area contributed by atoms with E-state index in [0.717, 1.165) is 12.8 Å². The third-order valence-corrected chi connectivity index (χ3v) is 4.43. The Morgan fingerprint density at radius 1 is 1.26 bits per heavy atom. The highest BCUT2D eigenvalue weighted by molar-refractivity contribution is 5.91. The number of aliphatic carboxylic acids is 1. The fourth-order valence-corrected chi connectivity index (χ4v) is 3.15. The Kier molecular flexibility index (Phi) is 4.13. The van der Waals surface area contributed by atoms with E-state index in [1.165, 1.54) is 12.8 Å². The maximum atomic E-state index is 11.9. The van der Waals surface area contributed by atoms with Crippen molar-refractivity contribution < 1.29 is 19.4 Å². The lowest BCUT2D eigenvalue weighted by Crippen LogP contribution is -2.31. The van der Waals surface area contributed by atoms with E-state index in [-0.39, 0.29) is 5.91 Å². The molecule has 5 heteroatoms. The third-order valence-electron chi connectivity index (χ3n) is 4.43. The van der Waals surface area contributed by atoms with Gasteiger partial charge in [0, 0.05) is 6.54 Å². The van der Waals surface area contributed by atoms with Crippen LogP contribution in [-0.2, 0) is 14.3 Å². The Morgan fingerprint density at radius 3 is 2.42 bits per heavy atom. The molecule has 19 heavy (non-hydrogen) atoms. The predicted octanol–water partition coefficient (Wildman–Crippen LogP) is 1.42. The molecule has 2 N–H and O–H groups in total. The summed E-state index contributed by atoms with van der Waals surface area (Å²) in [6.07, 6.45) is 5.04. The third kappa shape index (κ3) is 3.08. The fraction of sp³-hybridized carbons (Fsp3) is 0.857. The van der Waals surface area contributed by atoms with E-state index in [1.807, 2.05) is 13.8 Å². The molecule has 5 nitrogen and oxygen atoms in total. The molecule has 0 heterocycles. The summed E-state index contributed by atoms with van der Waals surface area (Å²) < 4.78 is 5.65. The molecule has 2 saturated carbocycles. The molecular formula is C14H23NO4. The number of rotatable bonds is 6. The molecule has 0 unspecified atom stereocenters. The zero-order valence-corrected chi connectivity index (χ0v) is 11.6. The van der Waals surface area contributed by atoms with Gasteiger partial charge in [-0.05, 0) is 18.3 Å². The van der Waals surface area contributed by atoms with Gasteiger partial charge >= 0.3 is 5.97 Å². The van der Waals surface area contributed by atoms with E-state index in [1.54, 1.807) is 0 Å². The van der Waals surface area contributed by atoms with Crippen molar-refractivity contribution in [3.63, 3.8) is 0 Å². The number of hydrogen-bond acceptors (Lipinski definition) is 3. The van der Waals surface area contributed by atoms with Crippen molar-refractivity contribution in [3.05, 3.63) is 0 Å². The average Bonchev–Trinajstić information content (AvgIpc) is 2.73. The van der Waals surface area contributed by atoms with Crippen LogP contribution in [0.25, 0.3) is 0 Å². The topological polar surface area (TPSA) is 75.6 Å². The van der Waals surface area contributed by atoms with Crippen molar-refractivity contribution >= 4 is 11.9 Å². The van der Waals surface area contributed by atoms with E-state index in [9.17, 15) is 9.59 Å². The van der Waals surface area contributed by atoms with Gasteiger partial charge in [-0.3, -0.25) is 9.59 Å². The molecule has 0 aromatic heterocycles. The van der Waals surface area contributed by atoms with E-state index >= 15 is 0 Å². The van der Waals surface area contributed by atoms with Gasteiger partial charge in [-0.2, -0.15) is 0 Å². The largest absolute Gasteiger partial charge is 0.481 e. The number of carboxylic acid groups (broad SMARTS) is 1. The Hall–Kier alpha value is -1.10. The number of carbonyl (C=O) groups excluding carboxylic acids is 1. The van der Waals surface area contributed by atoms with E-state index in [0.29, 0.717) is 19.3 Å². The van der Waals surface area contributed by atoms with E-state index < -0.39 is 23.2 Å². The molecule has 0 radical (unpaired) electrons. The van der Waals surface area contributed by atoms with Crippen LogP contribution in [0, 0.1) is 17.3 Å². The molecule has 0 aliphatic heterocycles. The number of ether oxygens (including phenoxy) is 1. The van der Waals surface area contributed by atoms with Crippen LogP contribution in [-0.4, -0.2) is 36.2 Å². The predicted molar refractivity (Wildman–Crippen MR) is 69.6 cm³/mol. The molecule has 2 rings (SSSR count). The lowest BCUT2D eigenvalue weighted by Gasteiger charge is -2.11. The van der Waals surface area contributed by atoms with E-state index in [4.69, 9.17) is 9.84 Å². The highest BCUT2D eigenvalue weighted by Crippen LogP contribution is 2.58. The first kappa shape index (κ1) is 14.3. The van der Waals surface area contributed by atoms with Crippen LogP contribution in [0.15, 0.2) is 0 Å². The monoisotopic (exact) mass is 269 g/mol. The van der Waals surface area contributed by atoms with Gasteiger partial charge in [0.15, 0.2) is 0 Å². The van der Waals surface area contributed by atoms with Crippen LogP contribution in [0.3, 0.4) is 0 Å². The quantitative estimate of drug-likeness (QED) is 0.715. The van der Waals surface area contributed by atoms with Crippen LogP contribution in [0.4, 0.5) is 0 Å². The second-order valence-electron chi connectivity index (χ2n) is 6.18. The summed E-state index contributed by atoms with van der Waals surface area (Å²) in [6.45, 7) is 4.63. The van der Waals surface area contributed by atoms with Crippen molar-refractivity contribution in [1.29, 1.82) is 0 Å². The molecule has 2 fully saturated rings. The summed E-state index contributed by atoms with van der Waals surface area (Å²) in [7, 11) is 0. The first-order valence-corrected chi connectivity index (χ1v) is 7.06. The Bertz CT molecular complexity index is 360. The summed E-state index contributed by atoms with van der Waals surface area (Å²) in [5.41, 5.74) is -0.428. The highest BCUT2D eigenvalue weighted by Gasteiger charge is 2.65. The van der Waals surface area contributed by atoms with Crippen LogP contribution in [0.5, 0.6) is 0 Å². The number of carboxylic acids is 1. The molecule has 0 saturated heterocycles. The van der Waals surface area contributed by atoms with Crippen LogP contribution >= 0.6 is 0 Å². The van der Waals surface area contributed by atoms with Crippen LogP contribution in [0.1, 0.15) is 39.5 Å². The van der Waals surface area contributed by atoms with Gasteiger partial charge in [-0.25, -0.2) is 0 Å². The lowest BCUT2D eigenvalue weighted by atomic mass is 10.1. The van der Waals surface area contributed by atoms with Gasteiger partial charge in [-0.15, -0.1) is 0 Å². The second kappa shape index (κ2) is 5.49. The van der Waals surface area contributed by atoms with Crippen molar-refractivity contribution in [2.24, 2.45) is 17.3 Å². The summed E-state index contributed by atoms with van der Waals surface area (Å²) in [4.78, 5) is 22.9. The average molecular weight is 269 g/mol. The zero-order chi connectivity index (χ0) is 14.0. The van der Waals surface area contributed by atoms with E-state index in [2.05, 4.69) is 5.32 Å². The smallest absolute Gasteiger partial charge is 0.307 e. The molecule has 0 aromatic carbocycles. The first-order chi connectivity index (χ1) is 8.94. The fourth-order valence-electron chi connectivity index (χ4n) is 3.15. The lowest BCUT2D eigenvalue weighted by molar-refractivity contribution is -0.140. The van der Waals surface area contributed by atoms with Crippen molar-refractivity contribution in [1.82, 2.24) is 5.32 Å². The zero-order valence-electron chi connectivity index (χ0n) is 11.6. The summed E-state index contributed by atoms with van der Waals surface area (Å²) in [6, 6.07) is 0. The SMILES string of the molecule is CC1(C)[C@H](C(=O)O)[C@@H]1C(=O)NCCOC1CCCC1. The van der Waals surface area contributed by atoms with Gasteiger partial charge in [0.25, 0.3) is 0 Å². The van der Waals surface area contributed by atoms with Gasteiger partial charge < -0.3 is 15.2 Å². The van der Waals surface area contributed by atoms with Gasteiger partial charge in [0.1, 0.15) is 0 Å². The molecule has 2 aliphatic rings. The van der Waals surface area contributed by atoms with Gasteiger partial charge in [0.2, 0.25) is 5.91 Å². The van der Waals surface area contributed by atoms with Crippen LogP contribution < -0.4 is 5.32 Å². The highest BCUT2D eigenvalue weighted by atomic mass is 16.5. The minimum atomic E-state index is -0.882. The number of nitrogens with one attached hydrogen (secondary N) is 1. The molecule has 108 valence electrons. The van der Waals surface area contributed by atoms with Crippen molar-refractivity contribution in [2.45, 2.75) is 45.6 Å². The van der Waals surface area contributed by atoms with Crippen LogP contribution in [0.2, 0.25) is 0 Å². The second-order valence-corrected chi connectivity index (χ2v) is 6.18. The maximum Gasteiger partial charge on any atom is 0.307 e. The summed E-state index contributed by atoms with van der Waals surface area (Å²) in [5, 5.41) is 11.8. The standard InChI is InChI=1S/C14H23NO4/c1-14(2)10(11(14)13(17)18)12(16)15-7-8-19-9-5-3-4-6-9/h9-11H,3-8H2,1-2H3,(H,15,16)(H,17,18)/t10-,11+/m1/s1. The Balaban J connectivity index is 1.66. The molecule has 1 amide bonds. The van der Waals surface area contributed by atoms with Crippen molar-refractivity contribution in [3.8, 4) is 0 Å². The Morgan fingerprint density at radius 2 is 1.89 bits per heavy atom. The molecular weight excluding hydrogens is 246 g/mol. The molecule has 2 atom stereocenters. The number of amides is 1. The number of carbonyl (C=O) groups is 2. The van der Waals surface area contributed by atoms with Crippen molar-refractivity contribution in [2.75, 3.05) is 13.2 Å². The van der Waals surface area contributed by atoms with Gasteiger partial charge in [0.05, 0.1) is 24.5 Å². The molecule has 0 bridgehead atoms. The normalized spacial score (nSPS) is 29.2. The minimum absolute atomic E-state index is 0.160. The summed E-state index contributed by atoms with van der Waals surface area (Å²) >= 11 is 0. The number of hydrogen-bond donors (Lipinski definition) is 2. The first-order valence-electron chi connectivity index (χ1n) is 7.06. The molecule has 2 aliphatic carbocycles. The molecule has 0 aromatic rings.